The lowest BCUT2D eigenvalue weighted by Gasteiger charge is -2.25. The molecule has 0 aromatic carbocycles. The zero-order valence-corrected chi connectivity index (χ0v) is 13.7. The lowest BCUT2D eigenvalue weighted by atomic mass is 10.2. The van der Waals surface area contributed by atoms with Crippen molar-refractivity contribution < 1.29 is 37.8 Å². The molecule has 0 radical (unpaired) electrons. The number of rotatable bonds is 9. The molecule has 2 heterocycles. The van der Waals surface area contributed by atoms with Crippen LogP contribution < -0.4 is 0 Å². The van der Waals surface area contributed by atoms with Crippen LogP contribution in [0.4, 0.5) is 0 Å². The molecule has 9 heteroatoms. The molecule has 2 fully saturated rings. The van der Waals surface area contributed by atoms with Gasteiger partial charge in [0.1, 0.15) is 18.3 Å². The molecule has 2 unspecified atom stereocenters. The highest BCUT2D eigenvalue weighted by atomic mass is 31.2. The van der Waals surface area contributed by atoms with Gasteiger partial charge < -0.3 is 19.7 Å². The van der Waals surface area contributed by atoms with E-state index in [0.29, 0.717) is 32.5 Å². The zero-order chi connectivity index (χ0) is 16.0. The minimum Gasteiger partial charge on any atom is -0.394 e. The van der Waals surface area contributed by atoms with Crippen LogP contribution in [0.2, 0.25) is 0 Å². The molecule has 0 aromatic heterocycles. The van der Waals surface area contributed by atoms with E-state index in [0.717, 1.165) is 0 Å². The van der Waals surface area contributed by atoms with E-state index in [9.17, 15) is 14.8 Å². The molecular formula is C13H25O8P. The molecule has 5 atom stereocenters. The Morgan fingerprint density at radius 3 is 2.55 bits per heavy atom. The number of phosphoric ester groups is 1. The van der Waals surface area contributed by atoms with Gasteiger partial charge >= 0.3 is 7.82 Å². The molecule has 2 rings (SSSR count). The van der Waals surface area contributed by atoms with Crippen molar-refractivity contribution >= 4 is 7.82 Å². The normalized spacial score (nSPS) is 34.9. The van der Waals surface area contributed by atoms with Gasteiger partial charge in [-0.3, -0.25) is 13.6 Å². The lowest BCUT2D eigenvalue weighted by Crippen LogP contribution is -2.29. The van der Waals surface area contributed by atoms with Gasteiger partial charge in [-0.2, -0.15) is 0 Å². The molecular weight excluding hydrogens is 315 g/mol. The van der Waals surface area contributed by atoms with Gasteiger partial charge in [0.2, 0.25) is 0 Å². The van der Waals surface area contributed by atoms with E-state index in [1.807, 2.05) is 6.92 Å². The van der Waals surface area contributed by atoms with Crippen LogP contribution >= 0.6 is 7.82 Å². The summed E-state index contributed by atoms with van der Waals surface area (Å²) < 4.78 is 39.4. The Bertz CT molecular complexity index is 379. The fourth-order valence-electron chi connectivity index (χ4n) is 2.35. The van der Waals surface area contributed by atoms with Crippen molar-refractivity contribution in [1.29, 1.82) is 0 Å². The van der Waals surface area contributed by atoms with E-state index in [4.69, 9.17) is 23.0 Å². The smallest absolute Gasteiger partial charge is 0.394 e. The second-order valence-electron chi connectivity index (χ2n) is 5.37. The minimum atomic E-state index is -3.80. The Labute approximate surface area is 130 Å². The van der Waals surface area contributed by atoms with Crippen LogP contribution in [0.15, 0.2) is 0 Å². The maximum Gasteiger partial charge on any atom is 0.475 e. The fraction of sp³-hybridized carbons (Fsp3) is 1.00. The molecule has 8 nitrogen and oxygen atoms in total. The van der Waals surface area contributed by atoms with Crippen molar-refractivity contribution in [2.75, 3.05) is 33.0 Å². The van der Waals surface area contributed by atoms with Crippen molar-refractivity contribution in [2.24, 2.45) is 0 Å². The molecule has 0 amide bonds. The van der Waals surface area contributed by atoms with Gasteiger partial charge in [-0.15, -0.1) is 0 Å². The monoisotopic (exact) mass is 340 g/mol. The van der Waals surface area contributed by atoms with Gasteiger partial charge in [-0.1, -0.05) is 6.92 Å². The van der Waals surface area contributed by atoms with Crippen LogP contribution in [0.3, 0.4) is 0 Å². The molecule has 0 saturated carbocycles. The second-order valence-corrected chi connectivity index (χ2v) is 6.99. The Morgan fingerprint density at radius 1 is 1.18 bits per heavy atom. The molecule has 0 bridgehead atoms. The third kappa shape index (κ3) is 4.97. The molecule has 0 aliphatic carbocycles. The van der Waals surface area contributed by atoms with Gasteiger partial charge in [0, 0.05) is 19.6 Å². The highest BCUT2D eigenvalue weighted by molar-refractivity contribution is 7.48. The van der Waals surface area contributed by atoms with Gasteiger partial charge in [-0.25, -0.2) is 4.57 Å². The number of ether oxygens (including phenoxy) is 2. The first kappa shape index (κ1) is 18.3. The number of aliphatic hydroxyl groups is 2. The van der Waals surface area contributed by atoms with Crippen LogP contribution in [-0.4, -0.2) is 67.7 Å². The fourth-order valence-corrected chi connectivity index (χ4v) is 3.85. The predicted molar refractivity (Wildman–Crippen MR) is 76.5 cm³/mol. The Hall–Kier alpha value is -0.0500. The maximum absolute atomic E-state index is 12.7. The van der Waals surface area contributed by atoms with E-state index < -0.39 is 32.2 Å². The van der Waals surface area contributed by atoms with Gasteiger partial charge in [-0.05, 0) is 12.8 Å². The Balaban J connectivity index is 1.92. The van der Waals surface area contributed by atoms with Gasteiger partial charge in [0.15, 0.2) is 0 Å². The molecule has 22 heavy (non-hydrogen) atoms. The van der Waals surface area contributed by atoms with Crippen LogP contribution in [0.1, 0.15) is 26.2 Å². The second kappa shape index (κ2) is 8.70. The summed E-state index contributed by atoms with van der Waals surface area (Å²) in [4.78, 5) is 0. The summed E-state index contributed by atoms with van der Waals surface area (Å²) in [5.41, 5.74) is 0. The molecule has 2 N–H and O–H groups in total. The first-order valence-corrected chi connectivity index (χ1v) is 9.13. The molecule has 2 aliphatic heterocycles. The van der Waals surface area contributed by atoms with Crippen LogP contribution in [0, 0.1) is 0 Å². The number of hydrogen-bond donors (Lipinski definition) is 2. The third-order valence-corrected chi connectivity index (χ3v) is 5.11. The third-order valence-electron chi connectivity index (χ3n) is 3.62. The first-order valence-electron chi connectivity index (χ1n) is 7.67. The van der Waals surface area contributed by atoms with Crippen molar-refractivity contribution in [2.45, 2.75) is 50.6 Å². The summed E-state index contributed by atoms with van der Waals surface area (Å²) in [5, 5.41) is 18.9. The quantitative estimate of drug-likeness (QED) is 0.596. The van der Waals surface area contributed by atoms with Crippen molar-refractivity contribution in [3.05, 3.63) is 0 Å². The molecule has 130 valence electrons. The van der Waals surface area contributed by atoms with Gasteiger partial charge in [0.25, 0.3) is 0 Å². The number of aliphatic hydroxyl groups excluding tert-OH is 2. The minimum absolute atomic E-state index is 0.0699. The molecule has 0 spiro atoms. The van der Waals surface area contributed by atoms with E-state index >= 15 is 0 Å². The highest BCUT2D eigenvalue weighted by Gasteiger charge is 2.39. The van der Waals surface area contributed by atoms with E-state index in [1.165, 1.54) is 0 Å². The van der Waals surface area contributed by atoms with Crippen molar-refractivity contribution in [3.63, 3.8) is 0 Å². The average Bonchev–Trinajstić information content (AvgIpc) is 3.12. The van der Waals surface area contributed by atoms with Crippen LogP contribution in [0.5, 0.6) is 0 Å². The van der Waals surface area contributed by atoms with Crippen molar-refractivity contribution in [3.8, 4) is 0 Å². The topological polar surface area (TPSA) is 104 Å². The number of phosphoric acid groups is 1. The Morgan fingerprint density at radius 2 is 1.91 bits per heavy atom. The van der Waals surface area contributed by atoms with Crippen LogP contribution in [0.25, 0.3) is 0 Å². The van der Waals surface area contributed by atoms with Crippen molar-refractivity contribution in [1.82, 2.24) is 0 Å². The SMILES string of the molecule is CCCO[P@@](=O)(OC[C@H]1OCCC1O)OC1CCO[C@@H]1CO. The summed E-state index contributed by atoms with van der Waals surface area (Å²) in [7, 11) is -3.80. The average molecular weight is 340 g/mol. The number of hydrogen-bond acceptors (Lipinski definition) is 8. The van der Waals surface area contributed by atoms with E-state index in [2.05, 4.69) is 0 Å². The van der Waals surface area contributed by atoms with Gasteiger partial charge in [0.05, 0.1) is 25.9 Å². The lowest BCUT2D eigenvalue weighted by molar-refractivity contribution is -0.0244. The van der Waals surface area contributed by atoms with E-state index in [1.54, 1.807) is 0 Å². The van der Waals surface area contributed by atoms with E-state index in [-0.39, 0.29) is 19.8 Å². The summed E-state index contributed by atoms with van der Waals surface area (Å²) in [5.74, 6) is 0. The standard InChI is InChI=1S/C13H25O8P/c1-2-5-19-22(16,20-9-13-10(15)3-6-18-13)21-11-4-7-17-12(11)8-14/h10-15H,2-9H2,1H3/t10?,11?,12-,13-,22+/m1/s1. The molecule has 0 aromatic rings. The molecule has 2 saturated heterocycles. The largest absolute Gasteiger partial charge is 0.475 e. The summed E-state index contributed by atoms with van der Waals surface area (Å²) in [6, 6.07) is 0. The zero-order valence-electron chi connectivity index (χ0n) is 12.8. The molecule has 2 aliphatic rings. The first-order chi connectivity index (χ1) is 10.6. The summed E-state index contributed by atoms with van der Waals surface area (Å²) in [6.07, 6.45) is -0.550. The summed E-state index contributed by atoms with van der Waals surface area (Å²) in [6.45, 7) is 2.68. The van der Waals surface area contributed by atoms with Crippen LogP contribution in [-0.2, 0) is 27.6 Å². The predicted octanol–water partition coefficient (Wildman–Crippen LogP) is 0.854. The maximum atomic E-state index is 12.7. The Kier molecular flexibility index (Phi) is 7.24. The highest BCUT2D eigenvalue weighted by Crippen LogP contribution is 2.52. The summed E-state index contributed by atoms with van der Waals surface area (Å²) >= 11 is 0.